The highest BCUT2D eigenvalue weighted by Crippen LogP contribution is 2.13. The van der Waals surface area contributed by atoms with Crippen LogP contribution in [0.4, 0.5) is 0 Å². The summed E-state index contributed by atoms with van der Waals surface area (Å²) in [7, 11) is 0. The molecule has 0 fully saturated rings. The molecule has 0 amide bonds. The lowest BCUT2D eigenvalue weighted by atomic mass is 10.2. The van der Waals surface area contributed by atoms with Crippen molar-refractivity contribution in [2.45, 2.75) is 33.4 Å². The van der Waals surface area contributed by atoms with Gasteiger partial charge in [-0.05, 0) is 38.5 Å². The Bertz CT molecular complexity index is 568. The molecule has 0 atom stereocenters. The van der Waals surface area contributed by atoms with Gasteiger partial charge in [0.25, 0.3) is 0 Å². The van der Waals surface area contributed by atoms with E-state index in [2.05, 4.69) is 33.3 Å². The van der Waals surface area contributed by atoms with E-state index in [1.807, 2.05) is 26.0 Å². The molecule has 1 heterocycles. The van der Waals surface area contributed by atoms with Gasteiger partial charge in [-0.25, -0.2) is 9.98 Å². The topological polar surface area (TPSA) is 79.1 Å². The molecule has 5 heteroatoms. The zero-order chi connectivity index (χ0) is 13.1. The number of H-pyrrole nitrogens is 1. The van der Waals surface area contributed by atoms with Crippen molar-refractivity contribution in [2.24, 2.45) is 10.7 Å². The van der Waals surface area contributed by atoms with Crippen molar-refractivity contribution in [2.75, 3.05) is 0 Å². The first kappa shape index (κ1) is 12.4. The first-order chi connectivity index (χ1) is 8.54. The molecule has 0 saturated heterocycles. The Balaban J connectivity index is 2.12. The third kappa shape index (κ3) is 3.00. The van der Waals surface area contributed by atoms with Gasteiger partial charge >= 0.3 is 0 Å². The largest absolute Gasteiger partial charge is 0.370 e. The molecule has 1 aromatic heterocycles. The van der Waals surface area contributed by atoms with E-state index in [0.29, 0.717) is 12.5 Å². The molecule has 18 heavy (non-hydrogen) atoms. The molecule has 5 nitrogen and oxygen atoms in total. The molecule has 0 aliphatic heterocycles. The smallest absolute Gasteiger partial charge is 0.189 e. The molecule has 0 unspecified atom stereocenters. The number of rotatable bonds is 3. The Morgan fingerprint density at radius 1 is 1.50 bits per heavy atom. The molecular weight excluding hydrogens is 226 g/mol. The monoisotopic (exact) mass is 245 g/mol. The average molecular weight is 245 g/mol. The van der Waals surface area contributed by atoms with Crippen molar-refractivity contribution >= 4 is 17.0 Å². The lowest BCUT2D eigenvalue weighted by Crippen LogP contribution is -2.36. The molecule has 0 radical (unpaired) electrons. The number of aromatic nitrogens is 2. The average Bonchev–Trinajstić information content (AvgIpc) is 2.67. The van der Waals surface area contributed by atoms with Crippen molar-refractivity contribution in [3.8, 4) is 0 Å². The Hall–Kier alpha value is -2.04. The second-order valence-corrected chi connectivity index (χ2v) is 4.70. The summed E-state index contributed by atoms with van der Waals surface area (Å²) in [5.74, 6) is 1.27. The summed E-state index contributed by atoms with van der Waals surface area (Å²) in [4.78, 5) is 11.9. The number of aliphatic imine (C=N–C) groups is 1. The number of nitrogens with one attached hydrogen (secondary N) is 2. The number of benzene rings is 1. The van der Waals surface area contributed by atoms with Crippen LogP contribution < -0.4 is 11.1 Å². The predicted octanol–water partition coefficient (Wildman–Crippen LogP) is 1.68. The molecule has 4 N–H and O–H groups in total. The minimum Gasteiger partial charge on any atom is -0.370 e. The fourth-order valence-corrected chi connectivity index (χ4v) is 1.75. The highest BCUT2D eigenvalue weighted by molar-refractivity contribution is 5.78. The van der Waals surface area contributed by atoms with E-state index in [4.69, 9.17) is 5.73 Å². The first-order valence-electron chi connectivity index (χ1n) is 6.06. The van der Waals surface area contributed by atoms with Crippen LogP contribution in [0.15, 0.2) is 23.2 Å². The molecule has 2 rings (SSSR count). The van der Waals surface area contributed by atoms with Gasteiger partial charge in [0.1, 0.15) is 12.4 Å². The maximum Gasteiger partial charge on any atom is 0.189 e. The van der Waals surface area contributed by atoms with Gasteiger partial charge in [-0.1, -0.05) is 6.07 Å². The van der Waals surface area contributed by atoms with Crippen LogP contribution in [0.5, 0.6) is 0 Å². The summed E-state index contributed by atoms with van der Waals surface area (Å²) in [6.45, 7) is 6.56. The number of fused-ring (bicyclic) bond motifs is 1. The zero-order valence-corrected chi connectivity index (χ0v) is 11.0. The Kier molecular flexibility index (Phi) is 3.50. The third-order valence-corrected chi connectivity index (χ3v) is 2.52. The molecule has 1 aromatic carbocycles. The van der Waals surface area contributed by atoms with E-state index in [0.717, 1.165) is 16.9 Å². The summed E-state index contributed by atoms with van der Waals surface area (Å²) in [6.07, 6.45) is 0. The van der Waals surface area contributed by atoms with Gasteiger partial charge in [-0.15, -0.1) is 0 Å². The Morgan fingerprint density at radius 3 is 3.00 bits per heavy atom. The molecule has 0 aliphatic rings. The number of guanidine groups is 1. The number of nitrogens with two attached hydrogens (primary N) is 1. The highest BCUT2D eigenvalue weighted by Gasteiger charge is 2.02. The van der Waals surface area contributed by atoms with Crippen LogP contribution in [-0.4, -0.2) is 22.0 Å². The van der Waals surface area contributed by atoms with Crippen molar-refractivity contribution in [1.29, 1.82) is 0 Å². The van der Waals surface area contributed by atoms with E-state index in [1.54, 1.807) is 0 Å². The summed E-state index contributed by atoms with van der Waals surface area (Å²) >= 11 is 0. The SMILES string of the molecule is Cc1ccc2nc(CN=C(N)NC(C)C)[nH]c2c1. The van der Waals surface area contributed by atoms with E-state index >= 15 is 0 Å². The maximum atomic E-state index is 5.74. The molecule has 0 bridgehead atoms. The Morgan fingerprint density at radius 2 is 2.28 bits per heavy atom. The molecule has 0 aliphatic carbocycles. The predicted molar refractivity (Wildman–Crippen MR) is 74.4 cm³/mol. The molecular formula is C13H19N5. The van der Waals surface area contributed by atoms with Gasteiger partial charge < -0.3 is 16.0 Å². The van der Waals surface area contributed by atoms with Crippen LogP contribution in [0.1, 0.15) is 25.2 Å². The normalized spacial score (nSPS) is 12.3. The molecule has 96 valence electrons. The second-order valence-electron chi connectivity index (χ2n) is 4.70. The number of imidazole rings is 1. The number of aryl methyl sites for hydroxylation is 1. The van der Waals surface area contributed by atoms with Crippen molar-refractivity contribution in [3.05, 3.63) is 29.6 Å². The van der Waals surface area contributed by atoms with E-state index in [1.165, 1.54) is 5.56 Å². The van der Waals surface area contributed by atoms with Gasteiger partial charge in [0.05, 0.1) is 11.0 Å². The molecule has 0 spiro atoms. The quantitative estimate of drug-likeness (QED) is 0.568. The Labute approximate surface area is 107 Å². The molecule has 0 saturated carbocycles. The molecule has 2 aromatic rings. The van der Waals surface area contributed by atoms with Crippen molar-refractivity contribution in [1.82, 2.24) is 15.3 Å². The summed E-state index contributed by atoms with van der Waals surface area (Å²) in [5.41, 5.74) is 8.95. The highest BCUT2D eigenvalue weighted by atomic mass is 15.1. The van der Waals surface area contributed by atoms with Gasteiger partial charge in [0, 0.05) is 6.04 Å². The van der Waals surface area contributed by atoms with Gasteiger partial charge in [0.15, 0.2) is 5.96 Å². The lowest BCUT2D eigenvalue weighted by Gasteiger charge is -2.07. The van der Waals surface area contributed by atoms with Gasteiger partial charge in [-0.3, -0.25) is 0 Å². The summed E-state index contributed by atoms with van der Waals surface area (Å²) < 4.78 is 0. The van der Waals surface area contributed by atoms with Crippen LogP contribution >= 0.6 is 0 Å². The fourth-order valence-electron chi connectivity index (χ4n) is 1.75. The standard InChI is InChI=1S/C13H19N5/c1-8(2)16-13(14)15-7-12-17-10-5-4-9(3)6-11(10)18-12/h4-6,8H,7H2,1-3H3,(H,17,18)(H3,14,15,16). The van der Waals surface area contributed by atoms with E-state index < -0.39 is 0 Å². The van der Waals surface area contributed by atoms with Gasteiger partial charge in [-0.2, -0.15) is 0 Å². The van der Waals surface area contributed by atoms with Crippen molar-refractivity contribution < 1.29 is 0 Å². The number of hydrogen-bond acceptors (Lipinski definition) is 2. The summed E-state index contributed by atoms with van der Waals surface area (Å²) in [5, 5.41) is 3.04. The zero-order valence-electron chi connectivity index (χ0n) is 11.0. The number of aromatic amines is 1. The minimum atomic E-state index is 0.284. The fraction of sp³-hybridized carbons (Fsp3) is 0.385. The van der Waals surface area contributed by atoms with E-state index in [9.17, 15) is 0 Å². The van der Waals surface area contributed by atoms with E-state index in [-0.39, 0.29) is 6.04 Å². The van der Waals surface area contributed by atoms with Crippen molar-refractivity contribution in [3.63, 3.8) is 0 Å². The first-order valence-corrected chi connectivity index (χ1v) is 6.06. The maximum absolute atomic E-state index is 5.74. The summed E-state index contributed by atoms with van der Waals surface area (Å²) in [6, 6.07) is 6.41. The van der Waals surface area contributed by atoms with Gasteiger partial charge in [0.2, 0.25) is 0 Å². The van der Waals surface area contributed by atoms with Crippen LogP contribution in [0.2, 0.25) is 0 Å². The van der Waals surface area contributed by atoms with Crippen LogP contribution in [0.25, 0.3) is 11.0 Å². The third-order valence-electron chi connectivity index (χ3n) is 2.52. The van der Waals surface area contributed by atoms with Crippen LogP contribution in [0.3, 0.4) is 0 Å². The number of hydrogen-bond donors (Lipinski definition) is 3. The van der Waals surface area contributed by atoms with Crippen LogP contribution in [-0.2, 0) is 6.54 Å². The number of nitrogens with zero attached hydrogens (tertiary/aromatic N) is 2. The van der Waals surface area contributed by atoms with Crippen LogP contribution in [0, 0.1) is 6.92 Å². The minimum absolute atomic E-state index is 0.284. The second kappa shape index (κ2) is 5.08. The lowest BCUT2D eigenvalue weighted by molar-refractivity contribution is 0.722.